The average molecular weight is 290 g/mol. The molecule has 18 heavy (non-hydrogen) atoms. The molecule has 0 aliphatic carbocycles. The van der Waals surface area contributed by atoms with Gasteiger partial charge in [0.1, 0.15) is 12.4 Å². The molecule has 102 valence electrons. The highest BCUT2D eigenvalue weighted by molar-refractivity contribution is 7.98. The van der Waals surface area contributed by atoms with E-state index < -0.39 is 10.0 Å². The Morgan fingerprint density at radius 1 is 1.33 bits per heavy atom. The summed E-state index contributed by atoms with van der Waals surface area (Å²) in [5, 5.41) is 0. The molecule has 0 atom stereocenters. The standard InChI is InChI=1S/C11H18N2O3S2/c1-17-8-6-13-18(14,15)9-7-16-11-4-2-10(12)3-5-11/h2-5,13H,6-9,12H2,1H3. The Morgan fingerprint density at radius 3 is 2.61 bits per heavy atom. The molecule has 0 radical (unpaired) electrons. The third-order valence-corrected chi connectivity index (χ3v) is 4.09. The van der Waals surface area contributed by atoms with Crippen molar-refractivity contribution in [3.63, 3.8) is 0 Å². The molecule has 7 heteroatoms. The Bertz CT molecular complexity index is 446. The Balaban J connectivity index is 2.30. The van der Waals surface area contributed by atoms with Crippen molar-refractivity contribution in [2.75, 3.05) is 36.6 Å². The topological polar surface area (TPSA) is 81.4 Å². The molecule has 0 saturated carbocycles. The second-order valence-electron chi connectivity index (χ2n) is 3.62. The van der Waals surface area contributed by atoms with Crippen LogP contribution in [0.25, 0.3) is 0 Å². The molecule has 0 bridgehead atoms. The summed E-state index contributed by atoms with van der Waals surface area (Å²) in [6.45, 7) is 0.573. The fraction of sp³-hybridized carbons (Fsp3) is 0.455. The summed E-state index contributed by atoms with van der Waals surface area (Å²) in [6.07, 6.45) is 1.93. The molecule has 0 aliphatic heterocycles. The van der Waals surface area contributed by atoms with E-state index in [0.29, 0.717) is 18.0 Å². The number of nitrogens with one attached hydrogen (secondary N) is 1. The molecule has 1 aromatic rings. The van der Waals surface area contributed by atoms with Crippen LogP contribution in [0.4, 0.5) is 5.69 Å². The first-order chi connectivity index (χ1) is 8.53. The summed E-state index contributed by atoms with van der Waals surface area (Å²) in [4.78, 5) is 0. The number of nitrogens with two attached hydrogens (primary N) is 1. The van der Waals surface area contributed by atoms with E-state index in [4.69, 9.17) is 10.5 Å². The SMILES string of the molecule is CSCCNS(=O)(=O)CCOc1ccc(N)cc1. The zero-order valence-corrected chi connectivity index (χ0v) is 11.9. The Labute approximate surface area is 112 Å². The number of rotatable bonds is 8. The zero-order valence-electron chi connectivity index (χ0n) is 10.3. The number of anilines is 1. The number of hydrogen-bond acceptors (Lipinski definition) is 5. The molecule has 0 aromatic heterocycles. The van der Waals surface area contributed by atoms with Crippen LogP contribution in [-0.2, 0) is 10.0 Å². The van der Waals surface area contributed by atoms with Crippen LogP contribution in [0.1, 0.15) is 0 Å². The lowest BCUT2D eigenvalue weighted by Crippen LogP contribution is -2.30. The van der Waals surface area contributed by atoms with Gasteiger partial charge in [-0.15, -0.1) is 0 Å². The normalized spacial score (nSPS) is 11.4. The number of nitrogen functional groups attached to an aromatic ring is 1. The smallest absolute Gasteiger partial charge is 0.214 e. The van der Waals surface area contributed by atoms with Crippen LogP contribution >= 0.6 is 11.8 Å². The molecule has 0 amide bonds. The highest BCUT2D eigenvalue weighted by atomic mass is 32.2. The van der Waals surface area contributed by atoms with E-state index in [1.807, 2.05) is 6.26 Å². The van der Waals surface area contributed by atoms with Gasteiger partial charge in [-0.2, -0.15) is 11.8 Å². The average Bonchev–Trinajstić information content (AvgIpc) is 2.32. The molecule has 1 aromatic carbocycles. The van der Waals surface area contributed by atoms with Crippen LogP contribution in [0, 0.1) is 0 Å². The van der Waals surface area contributed by atoms with Crippen LogP contribution < -0.4 is 15.2 Å². The summed E-state index contributed by atoms with van der Waals surface area (Å²) < 4.78 is 30.9. The van der Waals surface area contributed by atoms with Gasteiger partial charge >= 0.3 is 0 Å². The zero-order chi connectivity index (χ0) is 13.4. The highest BCUT2D eigenvalue weighted by Crippen LogP contribution is 2.12. The van der Waals surface area contributed by atoms with Gasteiger partial charge in [0.05, 0.1) is 5.75 Å². The van der Waals surface area contributed by atoms with Crippen molar-refractivity contribution in [3.8, 4) is 5.75 Å². The van der Waals surface area contributed by atoms with Crippen LogP contribution in [0.15, 0.2) is 24.3 Å². The number of ether oxygens (including phenoxy) is 1. The van der Waals surface area contributed by atoms with Gasteiger partial charge in [0.15, 0.2) is 0 Å². The van der Waals surface area contributed by atoms with Gasteiger partial charge in [0, 0.05) is 18.0 Å². The number of benzene rings is 1. The first-order valence-electron chi connectivity index (χ1n) is 5.48. The van der Waals surface area contributed by atoms with Crippen molar-refractivity contribution in [2.24, 2.45) is 0 Å². The molecule has 1 rings (SSSR count). The maximum atomic E-state index is 11.5. The lowest BCUT2D eigenvalue weighted by Gasteiger charge is -2.08. The van der Waals surface area contributed by atoms with Crippen molar-refractivity contribution in [1.82, 2.24) is 4.72 Å². The van der Waals surface area contributed by atoms with Gasteiger partial charge < -0.3 is 10.5 Å². The number of hydrogen-bond donors (Lipinski definition) is 2. The van der Waals surface area contributed by atoms with Gasteiger partial charge in [-0.1, -0.05) is 0 Å². The highest BCUT2D eigenvalue weighted by Gasteiger charge is 2.09. The van der Waals surface area contributed by atoms with Crippen molar-refractivity contribution >= 4 is 27.5 Å². The van der Waals surface area contributed by atoms with E-state index in [0.717, 1.165) is 5.75 Å². The lowest BCUT2D eigenvalue weighted by atomic mass is 10.3. The van der Waals surface area contributed by atoms with E-state index in [9.17, 15) is 8.42 Å². The monoisotopic (exact) mass is 290 g/mol. The van der Waals surface area contributed by atoms with Gasteiger partial charge in [0.25, 0.3) is 0 Å². The summed E-state index contributed by atoms with van der Waals surface area (Å²) >= 11 is 1.59. The first kappa shape index (κ1) is 15.1. The summed E-state index contributed by atoms with van der Waals surface area (Å²) in [5.74, 6) is 1.33. The molecular formula is C11H18N2O3S2. The Morgan fingerprint density at radius 2 is 2.00 bits per heavy atom. The van der Waals surface area contributed by atoms with Crippen LogP contribution in [0.3, 0.4) is 0 Å². The fourth-order valence-electron chi connectivity index (χ4n) is 1.20. The summed E-state index contributed by atoms with van der Waals surface area (Å²) in [7, 11) is -3.25. The maximum Gasteiger partial charge on any atom is 0.214 e. The predicted octanol–water partition coefficient (Wildman–Crippen LogP) is 0.930. The molecule has 5 nitrogen and oxygen atoms in total. The van der Waals surface area contributed by atoms with Crippen molar-refractivity contribution in [1.29, 1.82) is 0 Å². The Hall–Kier alpha value is -0.920. The molecule has 0 fully saturated rings. The van der Waals surface area contributed by atoms with E-state index in [-0.39, 0.29) is 12.4 Å². The van der Waals surface area contributed by atoms with Crippen LogP contribution in [0.2, 0.25) is 0 Å². The third-order valence-electron chi connectivity index (χ3n) is 2.13. The van der Waals surface area contributed by atoms with Gasteiger partial charge in [-0.25, -0.2) is 13.1 Å². The van der Waals surface area contributed by atoms with E-state index >= 15 is 0 Å². The van der Waals surface area contributed by atoms with E-state index in [2.05, 4.69) is 4.72 Å². The van der Waals surface area contributed by atoms with Gasteiger partial charge in [-0.05, 0) is 30.5 Å². The molecule has 0 spiro atoms. The van der Waals surface area contributed by atoms with E-state index in [1.54, 1.807) is 36.0 Å². The number of sulfonamides is 1. The second-order valence-corrected chi connectivity index (χ2v) is 6.54. The molecule has 0 heterocycles. The molecular weight excluding hydrogens is 272 g/mol. The largest absolute Gasteiger partial charge is 0.492 e. The lowest BCUT2D eigenvalue weighted by molar-refractivity contribution is 0.340. The molecule has 0 aliphatic rings. The molecule has 0 unspecified atom stereocenters. The summed E-state index contributed by atoms with van der Waals surface area (Å²) in [6, 6.07) is 6.84. The van der Waals surface area contributed by atoms with Crippen molar-refractivity contribution in [2.45, 2.75) is 0 Å². The number of thioether (sulfide) groups is 1. The minimum atomic E-state index is -3.25. The van der Waals surface area contributed by atoms with Crippen LogP contribution in [0.5, 0.6) is 5.75 Å². The first-order valence-corrected chi connectivity index (χ1v) is 8.53. The Kier molecular flexibility index (Phi) is 6.31. The minimum absolute atomic E-state index is 0.0498. The maximum absolute atomic E-state index is 11.5. The summed E-state index contributed by atoms with van der Waals surface area (Å²) in [5.41, 5.74) is 6.18. The van der Waals surface area contributed by atoms with Crippen molar-refractivity contribution in [3.05, 3.63) is 24.3 Å². The van der Waals surface area contributed by atoms with E-state index in [1.165, 1.54) is 0 Å². The fourth-order valence-corrected chi connectivity index (χ4v) is 2.50. The minimum Gasteiger partial charge on any atom is -0.492 e. The molecule has 0 saturated heterocycles. The molecule has 3 N–H and O–H groups in total. The van der Waals surface area contributed by atoms with Gasteiger partial charge in [-0.3, -0.25) is 0 Å². The third kappa shape index (κ3) is 6.13. The van der Waals surface area contributed by atoms with Crippen LogP contribution in [-0.4, -0.2) is 39.3 Å². The quantitative estimate of drug-likeness (QED) is 0.550. The van der Waals surface area contributed by atoms with Crippen molar-refractivity contribution < 1.29 is 13.2 Å². The predicted molar refractivity (Wildman–Crippen MR) is 76.5 cm³/mol. The second kappa shape index (κ2) is 7.50. The van der Waals surface area contributed by atoms with Gasteiger partial charge in [0.2, 0.25) is 10.0 Å².